The minimum Gasteiger partial charge on any atom is -0.411 e. The van der Waals surface area contributed by atoms with Gasteiger partial charge in [0.1, 0.15) is 0 Å². The number of rotatable bonds is 13. The van der Waals surface area contributed by atoms with Crippen LogP contribution in [0.1, 0.15) is 82.3 Å². The van der Waals surface area contributed by atoms with E-state index in [0.717, 1.165) is 12.8 Å². The average Bonchev–Trinajstić information content (AvgIpc) is 2.57. The van der Waals surface area contributed by atoms with Crippen LogP contribution >= 0.6 is 0 Å². The molecule has 0 radical (unpaired) electrons. The molecule has 130 valence electrons. The van der Waals surface area contributed by atoms with E-state index < -0.39 is 0 Å². The lowest BCUT2D eigenvalue weighted by Crippen LogP contribution is -1.94. The minimum atomic E-state index is 0.301. The Labute approximate surface area is 140 Å². The third kappa shape index (κ3) is 8.60. The highest BCUT2D eigenvalue weighted by molar-refractivity contribution is 5.83. The van der Waals surface area contributed by atoms with Crippen LogP contribution in [0, 0.1) is 0 Å². The van der Waals surface area contributed by atoms with Crippen LogP contribution in [0.2, 0.25) is 0 Å². The summed E-state index contributed by atoms with van der Waals surface area (Å²) < 4.78 is 0. The second-order valence-electron chi connectivity index (χ2n) is 6.14. The van der Waals surface area contributed by atoms with Crippen LogP contribution < -0.4 is 4.89 Å². The highest BCUT2D eigenvalue weighted by atomic mass is 17.1. The molecule has 0 bridgehead atoms. The lowest BCUT2D eigenvalue weighted by molar-refractivity contribution is -0.137. The third-order valence-electron chi connectivity index (χ3n) is 4.19. The molecular formula is C19H31NO3. The fourth-order valence-electron chi connectivity index (χ4n) is 2.82. The molecule has 2 N–H and O–H groups in total. The second-order valence-corrected chi connectivity index (χ2v) is 6.14. The molecule has 4 nitrogen and oxygen atoms in total. The fourth-order valence-corrected chi connectivity index (χ4v) is 2.82. The van der Waals surface area contributed by atoms with Gasteiger partial charge in [-0.2, -0.15) is 0 Å². The molecule has 0 aromatic heterocycles. The first kappa shape index (κ1) is 19.5. The van der Waals surface area contributed by atoms with Gasteiger partial charge in [0, 0.05) is 5.56 Å². The van der Waals surface area contributed by atoms with E-state index in [2.05, 4.69) is 17.0 Å². The molecule has 1 rings (SSSR count). The van der Waals surface area contributed by atoms with Crippen molar-refractivity contribution in [2.75, 3.05) is 0 Å². The SMILES string of the molecule is CCCCCCCCCCCCc1ccc(OO)c(C=NO)c1. The Hall–Kier alpha value is -1.55. The molecule has 0 saturated carbocycles. The summed E-state index contributed by atoms with van der Waals surface area (Å²) in [5.41, 5.74) is 1.75. The van der Waals surface area contributed by atoms with Crippen LogP contribution in [-0.2, 0) is 6.42 Å². The van der Waals surface area contributed by atoms with Crippen LogP contribution in [0.3, 0.4) is 0 Å². The number of hydrogen-bond donors (Lipinski definition) is 2. The van der Waals surface area contributed by atoms with Gasteiger partial charge in [0.15, 0.2) is 5.75 Å². The van der Waals surface area contributed by atoms with Crippen molar-refractivity contribution in [3.8, 4) is 5.75 Å². The van der Waals surface area contributed by atoms with Gasteiger partial charge in [-0.3, -0.25) is 0 Å². The second kappa shape index (κ2) is 12.9. The summed E-state index contributed by atoms with van der Waals surface area (Å²) in [5, 5.41) is 20.4. The highest BCUT2D eigenvalue weighted by Crippen LogP contribution is 2.20. The number of aryl methyl sites for hydroxylation is 1. The maximum absolute atomic E-state index is 8.76. The summed E-state index contributed by atoms with van der Waals surface area (Å²) in [6.45, 7) is 2.25. The van der Waals surface area contributed by atoms with E-state index in [-0.39, 0.29) is 0 Å². The number of hydrogen-bond acceptors (Lipinski definition) is 4. The topological polar surface area (TPSA) is 62.0 Å². The Bertz CT molecular complexity index is 446. The van der Waals surface area contributed by atoms with Crippen LogP contribution in [-0.4, -0.2) is 16.7 Å². The van der Waals surface area contributed by atoms with Gasteiger partial charge in [0.2, 0.25) is 0 Å². The Kier molecular flexibility index (Phi) is 11.0. The molecule has 0 aliphatic carbocycles. The van der Waals surface area contributed by atoms with Crippen molar-refractivity contribution in [3.63, 3.8) is 0 Å². The molecule has 0 atom stereocenters. The van der Waals surface area contributed by atoms with E-state index in [4.69, 9.17) is 10.5 Å². The number of oxime groups is 1. The van der Waals surface area contributed by atoms with Crippen LogP contribution in [0.25, 0.3) is 0 Å². The van der Waals surface area contributed by atoms with E-state index in [1.54, 1.807) is 6.07 Å². The van der Waals surface area contributed by atoms with Crippen molar-refractivity contribution >= 4 is 6.21 Å². The van der Waals surface area contributed by atoms with Gasteiger partial charge in [-0.05, 0) is 30.5 Å². The zero-order valence-electron chi connectivity index (χ0n) is 14.3. The molecule has 0 spiro atoms. The first-order valence-corrected chi connectivity index (χ1v) is 8.93. The van der Waals surface area contributed by atoms with Gasteiger partial charge in [-0.15, -0.1) is 0 Å². The predicted molar refractivity (Wildman–Crippen MR) is 94.6 cm³/mol. The summed E-state index contributed by atoms with van der Waals surface area (Å²) in [6, 6.07) is 5.52. The quantitative estimate of drug-likeness (QED) is 0.158. The molecule has 0 heterocycles. The molecule has 0 aliphatic heterocycles. The van der Waals surface area contributed by atoms with Gasteiger partial charge >= 0.3 is 0 Å². The van der Waals surface area contributed by atoms with Crippen molar-refractivity contribution in [2.45, 2.75) is 77.6 Å². The van der Waals surface area contributed by atoms with E-state index >= 15 is 0 Å². The zero-order valence-corrected chi connectivity index (χ0v) is 14.3. The number of unbranched alkanes of at least 4 members (excludes halogenated alkanes) is 9. The summed E-state index contributed by atoms with van der Waals surface area (Å²) >= 11 is 0. The molecule has 0 saturated heterocycles. The normalized spacial score (nSPS) is 11.2. The molecular weight excluding hydrogens is 290 g/mol. The Balaban J connectivity index is 2.15. The first-order chi connectivity index (χ1) is 11.3. The van der Waals surface area contributed by atoms with E-state index in [1.807, 2.05) is 12.1 Å². The summed E-state index contributed by atoms with van der Waals surface area (Å²) in [5.74, 6) is 0.301. The molecule has 0 unspecified atom stereocenters. The van der Waals surface area contributed by atoms with Gasteiger partial charge < -0.3 is 10.1 Å². The van der Waals surface area contributed by atoms with Crippen molar-refractivity contribution in [3.05, 3.63) is 29.3 Å². The van der Waals surface area contributed by atoms with Gasteiger partial charge in [0.05, 0.1) is 6.21 Å². The largest absolute Gasteiger partial charge is 0.411 e. The van der Waals surface area contributed by atoms with Crippen molar-refractivity contribution in [2.24, 2.45) is 5.16 Å². The van der Waals surface area contributed by atoms with E-state index in [9.17, 15) is 0 Å². The van der Waals surface area contributed by atoms with Crippen molar-refractivity contribution < 1.29 is 15.4 Å². The molecule has 0 amide bonds. The molecule has 0 fully saturated rings. The molecule has 0 aliphatic rings. The van der Waals surface area contributed by atoms with Crippen LogP contribution in [0.15, 0.2) is 23.4 Å². The van der Waals surface area contributed by atoms with Crippen molar-refractivity contribution in [1.29, 1.82) is 0 Å². The fraction of sp³-hybridized carbons (Fsp3) is 0.632. The number of benzene rings is 1. The highest BCUT2D eigenvalue weighted by Gasteiger charge is 2.04. The monoisotopic (exact) mass is 321 g/mol. The molecule has 1 aromatic carbocycles. The minimum absolute atomic E-state index is 0.301. The predicted octanol–water partition coefficient (Wildman–Crippen LogP) is 5.81. The van der Waals surface area contributed by atoms with Gasteiger partial charge in [-0.25, -0.2) is 5.26 Å². The Morgan fingerprint density at radius 2 is 1.57 bits per heavy atom. The third-order valence-corrected chi connectivity index (χ3v) is 4.19. The van der Waals surface area contributed by atoms with Gasteiger partial charge in [0.25, 0.3) is 0 Å². The average molecular weight is 321 g/mol. The summed E-state index contributed by atoms with van der Waals surface area (Å²) in [4.78, 5) is 4.26. The first-order valence-electron chi connectivity index (χ1n) is 8.93. The lowest BCUT2D eigenvalue weighted by atomic mass is 10.0. The maximum Gasteiger partial charge on any atom is 0.174 e. The standard InChI is InChI=1S/C19H31NO3/c1-2-3-4-5-6-7-8-9-10-11-12-17-13-14-19(23-22)18(15-17)16-20-21/h13-16,21-22H,2-12H2,1H3. The van der Waals surface area contributed by atoms with Crippen LogP contribution in [0.5, 0.6) is 5.75 Å². The number of nitrogens with zero attached hydrogens (tertiary/aromatic N) is 1. The smallest absolute Gasteiger partial charge is 0.174 e. The summed E-state index contributed by atoms with van der Waals surface area (Å²) in [6.07, 6.45) is 15.5. The van der Waals surface area contributed by atoms with E-state index in [0.29, 0.717) is 11.3 Å². The lowest BCUT2D eigenvalue weighted by Gasteiger charge is -2.06. The van der Waals surface area contributed by atoms with Gasteiger partial charge in [-0.1, -0.05) is 75.9 Å². The molecule has 4 heteroatoms. The Morgan fingerprint density at radius 3 is 2.13 bits per heavy atom. The zero-order chi connectivity index (χ0) is 16.8. The van der Waals surface area contributed by atoms with Crippen molar-refractivity contribution in [1.82, 2.24) is 0 Å². The maximum atomic E-state index is 8.76. The summed E-state index contributed by atoms with van der Waals surface area (Å²) in [7, 11) is 0. The molecule has 1 aromatic rings. The van der Waals surface area contributed by atoms with E-state index in [1.165, 1.54) is 69.6 Å². The Morgan fingerprint density at radius 1 is 0.957 bits per heavy atom. The van der Waals surface area contributed by atoms with Crippen LogP contribution in [0.4, 0.5) is 0 Å². The molecule has 23 heavy (non-hydrogen) atoms.